The van der Waals surface area contributed by atoms with Crippen molar-refractivity contribution in [2.24, 2.45) is 11.7 Å². The first-order chi connectivity index (χ1) is 8.50. The van der Waals surface area contributed by atoms with E-state index in [2.05, 4.69) is 13.8 Å². The van der Waals surface area contributed by atoms with Crippen LogP contribution in [0, 0.1) is 5.92 Å². The lowest BCUT2D eigenvalue weighted by Gasteiger charge is -2.20. The van der Waals surface area contributed by atoms with Gasteiger partial charge in [0.1, 0.15) is 0 Å². The summed E-state index contributed by atoms with van der Waals surface area (Å²) in [5, 5.41) is 2.00. The second kappa shape index (κ2) is 7.34. The first-order valence-corrected chi connectivity index (χ1v) is 7.11. The average Bonchev–Trinajstić information content (AvgIpc) is 2.85. The van der Waals surface area contributed by atoms with Gasteiger partial charge in [0.15, 0.2) is 0 Å². The van der Waals surface area contributed by atoms with E-state index in [0.717, 1.165) is 11.3 Å². The summed E-state index contributed by atoms with van der Waals surface area (Å²) in [5.41, 5.74) is 5.96. The third-order valence-corrected chi connectivity index (χ3v) is 3.80. The molecule has 100 valence electrons. The third-order valence-electron chi connectivity index (χ3n) is 2.96. The maximum absolute atomic E-state index is 11.8. The molecule has 0 spiro atoms. The first-order valence-electron chi connectivity index (χ1n) is 6.23. The molecule has 0 saturated carbocycles. The highest BCUT2D eigenvalue weighted by molar-refractivity contribution is 7.10. The molecule has 2 N–H and O–H groups in total. The summed E-state index contributed by atoms with van der Waals surface area (Å²) < 4.78 is 0. The second-order valence-electron chi connectivity index (χ2n) is 4.81. The Labute approximate surface area is 113 Å². The number of carbonyl (C=O) groups is 1. The average molecular weight is 266 g/mol. The van der Waals surface area contributed by atoms with E-state index >= 15 is 0 Å². The van der Waals surface area contributed by atoms with Crippen molar-refractivity contribution < 1.29 is 4.79 Å². The van der Waals surface area contributed by atoms with Gasteiger partial charge in [-0.25, -0.2) is 0 Å². The number of carbonyl (C=O) groups excluding carboxylic acids is 1. The summed E-state index contributed by atoms with van der Waals surface area (Å²) in [5.74, 6) is 0.481. The van der Waals surface area contributed by atoms with Crippen molar-refractivity contribution in [3.8, 4) is 0 Å². The molecule has 0 bridgehead atoms. The van der Waals surface area contributed by atoms with Gasteiger partial charge in [-0.05, 0) is 29.9 Å². The van der Waals surface area contributed by atoms with Gasteiger partial charge in [-0.1, -0.05) is 19.9 Å². The number of rotatable bonds is 6. The molecule has 1 atom stereocenters. The lowest BCUT2D eigenvalue weighted by atomic mass is 10.0. The molecule has 0 radical (unpaired) electrons. The van der Waals surface area contributed by atoms with Gasteiger partial charge in [-0.3, -0.25) is 4.79 Å². The van der Waals surface area contributed by atoms with Crippen molar-refractivity contribution in [2.45, 2.75) is 26.3 Å². The van der Waals surface area contributed by atoms with E-state index < -0.39 is 0 Å². The Bertz CT molecular complexity index is 385. The summed E-state index contributed by atoms with van der Waals surface area (Å²) in [7, 11) is 1.81. The standard InChI is InChI=1S/C14H22N2OS/c1-11(2)13(15)8-9-16(3)14(17)7-6-12-5-4-10-18-12/h4-7,10-11,13H,8-9,15H2,1-3H3/b7-6+. The molecule has 0 aliphatic carbocycles. The summed E-state index contributed by atoms with van der Waals surface area (Å²) in [4.78, 5) is 14.6. The Morgan fingerprint density at radius 3 is 2.83 bits per heavy atom. The van der Waals surface area contributed by atoms with Crippen LogP contribution in [0.15, 0.2) is 23.6 Å². The maximum atomic E-state index is 11.8. The van der Waals surface area contributed by atoms with E-state index in [9.17, 15) is 4.79 Å². The highest BCUT2D eigenvalue weighted by atomic mass is 32.1. The van der Waals surface area contributed by atoms with Gasteiger partial charge in [-0.2, -0.15) is 0 Å². The van der Waals surface area contributed by atoms with Crippen LogP contribution in [0.3, 0.4) is 0 Å². The Morgan fingerprint density at radius 2 is 2.28 bits per heavy atom. The number of amides is 1. The van der Waals surface area contributed by atoms with E-state index in [1.165, 1.54) is 0 Å². The van der Waals surface area contributed by atoms with E-state index in [-0.39, 0.29) is 11.9 Å². The predicted molar refractivity (Wildman–Crippen MR) is 78.4 cm³/mol. The lowest BCUT2D eigenvalue weighted by Crippen LogP contribution is -2.33. The Hall–Kier alpha value is -1.13. The molecule has 4 heteroatoms. The van der Waals surface area contributed by atoms with E-state index in [0.29, 0.717) is 12.5 Å². The van der Waals surface area contributed by atoms with Gasteiger partial charge < -0.3 is 10.6 Å². The highest BCUT2D eigenvalue weighted by Gasteiger charge is 2.10. The van der Waals surface area contributed by atoms with Crippen LogP contribution >= 0.6 is 11.3 Å². The van der Waals surface area contributed by atoms with Crippen LogP contribution in [-0.4, -0.2) is 30.4 Å². The molecule has 3 nitrogen and oxygen atoms in total. The van der Waals surface area contributed by atoms with Crippen LogP contribution < -0.4 is 5.73 Å². The quantitative estimate of drug-likeness (QED) is 0.804. The lowest BCUT2D eigenvalue weighted by molar-refractivity contribution is -0.124. The first kappa shape index (κ1) is 14.9. The van der Waals surface area contributed by atoms with Crippen molar-refractivity contribution >= 4 is 23.3 Å². The zero-order valence-electron chi connectivity index (χ0n) is 11.3. The maximum Gasteiger partial charge on any atom is 0.246 e. The fraction of sp³-hybridized carbons (Fsp3) is 0.500. The molecule has 0 saturated heterocycles. The molecule has 1 heterocycles. The van der Waals surface area contributed by atoms with Gasteiger partial charge in [0.05, 0.1) is 0 Å². The van der Waals surface area contributed by atoms with Gasteiger partial charge in [0.25, 0.3) is 0 Å². The summed E-state index contributed by atoms with van der Waals surface area (Å²) in [6, 6.07) is 4.12. The second-order valence-corrected chi connectivity index (χ2v) is 5.78. The van der Waals surface area contributed by atoms with E-state index in [1.54, 1.807) is 22.3 Å². The molecule has 0 aliphatic rings. The molecule has 1 amide bonds. The van der Waals surface area contributed by atoms with Crippen molar-refractivity contribution in [2.75, 3.05) is 13.6 Å². The molecule has 1 aromatic heterocycles. The van der Waals surface area contributed by atoms with Crippen LogP contribution in [0.1, 0.15) is 25.1 Å². The molecular weight excluding hydrogens is 244 g/mol. The van der Waals surface area contributed by atoms with Crippen LogP contribution in [0.25, 0.3) is 6.08 Å². The Balaban J connectivity index is 2.37. The Morgan fingerprint density at radius 1 is 1.56 bits per heavy atom. The fourth-order valence-electron chi connectivity index (χ4n) is 1.45. The molecule has 1 aromatic rings. The SMILES string of the molecule is CC(C)C(N)CCN(C)C(=O)/C=C/c1cccs1. The number of likely N-dealkylation sites (N-methyl/N-ethyl adjacent to an activating group) is 1. The van der Waals surface area contributed by atoms with Crippen LogP contribution in [0.5, 0.6) is 0 Å². The topological polar surface area (TPSA) is 46.3 Å². The van der Waals surface area contributed by atoms with Gasteiger partial charge in [0, 0.05) is 30.6 Å². The Kier molecular flexibility index (Phi) is 6.09. The minimum atomic E-state index is 0.0272. The predicted octanol–water partition coefficient (Wildman–Crippen LogP) is 2.59. The van der Waals surface area contributed by atoms with E-state index in [1.807, 2.05) is 30.6 Å². The zero-order chi connectivity index (χ0) is 13.5. The van der Waals surface area contributed by atoms with Crippen LogP contribution in [0.4, 0.5) is 0 Å². The number of hydrogen-bond acceptors (Lipinski definition) is 3. The minimum absolute atomic E-state index is 0.0272. The molecule has 18 heavy (non-hydrogen) atoms. The molecular formula is C14H22N2OS. The summed E-state index contributed by atoms with van der Waals surface area (Å²) in [6.07, 6.45) is 4.31. The number of nitrogens with zero attached hydrogens (tertiary/aromatic N) is 1. The fourth-order valence-corrected chi connectivity index (χ4v) is 2.07. The van der Waals surface area contributed by atoms with Gasteiger partial charge >= 0.3 is 0 Å². The van der Waals surface area contributed by atoms with Crippen molar-refractivity contribution in [3.05, 3.63) is 28.5 Å². The van der Waals surface area contributed by atoms with Gasteiger partial charge in [-0.15, -0.1) is 11.3 Å². The number of nitrogens with two attached hydrogens (primary N) is 1. The normalized spacial score (nSPS) is 13.2. The molecule has 0 aromatic carbocycles. The van der Waals surface area contributed by atoms with Crippen molar-refractivity contribution in [3.63, 3.8) is 0 Å². The number of hydrogen-bond donors (Lipinski definition) is 1. The zero-order valence-corrected chi connectivity index (χ0v) is 12.1. The van der Waals surface area contributed by atoms with E-state index in [4.69, 9.17) is 5.73 Å². The minimum Gasteiger partial charge on any atom is -0.342 e. The van der Waals surface area contributed by atoms with Crippen molar-refractivity contribution in [1.29, 1.82) is 0 Å². The molecule has 1 unspecified atom stereocenters. The van der Waals surface area contributed by atoms with Crippen LogP contribution in [0.2, 0.25) is 0 Å². The highest BCUT2D eigenvalue weighted by Crippen LogP contribution is 2.10. The largest absolute Gasteiger partial charge is 0.342 e. The third kappa shape index (κ3) is 5.02. The summed E-state index contributed by atoms with van der Waals surface area (Å²) >= 11 is 1.62. The smallest absolute Gasteiger partial charge is 0.246 e. The number of thiophene rings is 1. The molecule has 0 fully saturated rings. The van der Waals surface area contributed by atoms with Crippen LogP contribution in [-0.2, 0) is 4.79 Å². The molecule has 1 rings (SSSR count). The monoisotopic (exact) mass is 266 g/mol. The van der Waals surface area contributed by atoms with Gasteiger partial charge in [0.2, 0.25) is 5.91 Å². The summed E-state index contributed by atoms with van der Waals surface area (Å²) in [6.45, 7) is 4.90. The van der Waals surface area contributed by atoms with Crippen molar-refractivity contribution in [1.82, 2.24) is 4.90 Å². The molecule has 0 aliphatic heterocycles.